The molecule has 0 heterocycles. The number of aliphatic hydroxyl groups excluding tert-OH is 2. The molecule has 1 spiro atoms. The summed E-state index contributed by atoms with van der Waals surface area (Å²) in [6, 6.07) is 0. The Bertz CT molecular complexity index is 503. The summed E-state index contributed by atoms with van der Waals surface area (Å²) in [5, 5.41) is 31.3. The SMILES string of the molecule is CC1(C)[C@H](O)CC[C@]2(C)[C@@H]1CC[C@@]13C[C@@H](CC[C@H]12)[C@](O)(CO)C3. The highest BCUT2D eigenvalue weighted by molar-refractivity contribution is 5.17. The highest BCUT2D eigenvalue weighted by Crippen LogP contribution is 2.72. The molecule has 4 aliphatic rings. The molecule has 132 valence electrons. The Kier molecular flexibility index (Phi) is 3.37. The lowest BCUT2D eigenvalue weighted by Crippen LogP contribution is -2.59. The van der Waals surface area contributed by atoms with E-state index < -0.39 is 5.60 Å². The molecule has 0 saturated heterocycles. The lowest BCUT2D eigenvalue weighted by atomic mass is 9.41. The van der Waals surface area contributed by atoms with Gasteiger partial charge in [0.15, 0.2) is 0 Å². The van der Waals surface area contributed by atoms with E-state index in [1.807, 2.05) is 0 Å². The molecule has 0 unspecified atom stereocenters. The van der Waals surface area contributed by atoms with E-state index in [1.54, 1.807) is 0 Å². The van der Waals surface area contributed by atoms with Gasteiger partial charge in [0.1, 0.15) is 0 Å². The second-order valence-electron chi connectivity index (χ2n) is 10.3. The van der Waals surface area contributed by atoms with E-state index in [0.717, 1.165) is 32.1 Å². The zero-order valence-corrected chi connectivity index (χ0v) is 15.0. The fraction of sp³-hybridized carbons (Fsp3) is 1.00. The Morgan fingerprint density at radius 1 is 0.957 bits per heavy atom. The van der Waals surface area contributed by atoms with Crippen molar-refractivity contribution >= 4 is 0 Å². The van der Waals surface area contributed by atoms with Crippen LogP contribution in [0.1, 0.15) is 72.1 Å². The van der Waals surface area contributed by atoms with Crippen LogP contribution in [0.3, 0.4) is 0 Å². The van der Waals surface area contributed by atoms with Crippen molar-refractivity contribution in [1.82, 2.24) is 0 Å². The van der Waals surface area contributed by atoms with Gasteiger partial charge >= 0.3 is 0 Å². The summed E-state index contributed by atoms with van der Waals surface area (Å²) in [6.07, 6.45) is 8.39. The molecule has 2 bridgehead atoms. The Morgan fingerprint density at radius 2 is 1.70 bits per heavy atom. The van der Waals surface area contributed by atoms with Crippen molar-refractivity contribution in [2.45, 2.75) is 83.8 Å². The smallest absolute Gasteiger partial charge is 0.0910 e. The normalized spacial score (nSPS) is 57.7. The van der Waals surface area contributed by atoms with Crippen LogP contribution >= 0.6 is 0 Å². The monoisotopic (exact) mass is 322 g/mol. The third kappa shape index (κ3) is 1.93. The minimum atomic E-state index is -0.832. The molecule has 23 heavy (non-hydrogen) atoms. The first-order valence-electron chi connectivity index (χ1n) is 9.69. The van der Waals surface area contributed by atoms with Crippen molar-refractivity contribution in [3.8, 4) is 0 Å². The first kappa shape index (κ1) is 16.4. The van der Waals surface area contributed by atoms with E-state index in [0.29, 0.717) is 17.8 Å². The molecular formula is C20H34O3. The van der Waals surface area contributed by atoms with Crippen LogP contribution in [0, 0.1) is 34.0 Å². The molecule has 3 N–H and O–H groups in total. The second-order valence-corrected chi connectivity index (χ2v) is 10.3. The predicted octanol–water partition coefficient (Wildman–Crippen LogP) is 3.11. The maximum atomic E-state index is 10.9. The van der Waals surface area contributed by atoms with Gasteiger partial charge < -0.3 is 15.3 Å². The van der Waals surface area contributed by atoms with E-state index in [4.69, 9.17) is 0 Å². The topological polar surface area (TPSA) is 60.7 Å². The first-order valence-corrected chi connectivity index (χ1v) is 9.69. The Morgan fingerprint density at radius 3 is 2.39 bits per heavy atom. The first-order chi connectivity index (χ1) is 10.7. The van der Waals surface area contributed by atoms with Crippen molar-refractivity contribution in [3.63, 3.8) is 0 Å². The van der Waals surface area contributed by atoms with E-state index in [1.165, 1.54) is 19.3 Å². The zero-order chi connectivity index (χ0) is 16.7. The van der Waals surface area contributed by atoms with Crippen molar-refractivity contribution in [2.75, 3.05) is 6.61 Å². The Balaban J connectivity index is 1.72. The highest BCUT2D eigenvalue weighted by Gasteiger charge is 2.67. The molecule has 3 nitrogen and oxygen atoms in total. The van der Waals surface area contributed by atoms with Crippen molar-refractivity contribution in [1.29, 1.82) is 0 Å². The standard InChI is InChI=1S/C20H34O3/c1-17(2)14-6-9-19-10-13(20(23,11-19)12-21)4-5-15(19)18(14,3)8-7-16(17)22/h13-16,21-23H,4-12H2,1-3H3/t13-,14-,15+,16-,18-,19+,20-/m1/s1. The van der Waals surface area contributed by atoms with Crippen molar-refractivity contribution in [2.24, 2.45) is 34.0 Å². The molecule has 0 aliphatic heterocycles. The fourth-order valence-corrected chi connectivity index (χ4v) is 8.02. The maximum Gasteiger partial charge on any atom is 0.0910 e. The zero-order valence-electron chi connectivity index (χ0n) is 15.0. The third-order valence-electron chi connectivity index (χ3n) is 9.12. The molecule has 4 fully saturated rings. The minimum Gasteiger partial charge on any atom is -0.393 e. The molecule has 0 aromatic carbocycles. The Labute approximate surface area is 140 Å². The number of hydrogen-bond acceptors (Lipinski definition) is 3. The molecule has 0 radical (unpaired) electrons. The van der Waals surface area contributed by atoms with Gasteiger partial charge in [-0.25, -0.2) is 0 Å². The van der Waals surface area contributed by atoms with Crippen LogP contribution in [0.15, 0.2) is 0 Å². The van der Waals surface area contributed by atoms with Gasteiger partial charge in [0, 0.05) is 0 Å². The summed E-state index contributed by atoms with van der Waals surface area (Å²) < 4.78 is 0. The van der Waals surface area contributed by atoms with Crippen LogP contribution in [-0.4, -0.2) is 33.6 Å². The van der Waals surface area contributed by atoms with Gasteiger partial charge in [-0.15, -0.1) is 0 Å². The van der Waals surface area contributed by atoms with Crippen molar-refractivity contribution in [3.05, 3.63) is 0 Å². The van der Waals surface area contributed by atoms with Crippen LogP contribution in [0.4, 0.5) is 0 Å². The van der Waals surface area contributed by atoms with Crippen LogP contribution < -0.4 is 0 Å². The van der Waals surface area contributed by atoms with Gasteiger partial charge in [0.2, 0.25) is 0 Å². The second kappa shape index (κ2) is 4.74. The van der Waals surface area contributed by atoms with Gasteiger partial charge in [0.25, 0.3) is 0 Å². The number of aliphatic hydroxyl groups is 3. The van der Waals surface area contributed by atoms with E-state index in [2.05, 4.69) is 20.8 Å². The van der Waals surface area contributed by atoms with Crippen LogP contribution in [0.2, 0.25) is 0 Å². The third-order valence-corrected chi connectivity index (χ3v) is 9.12. The fourth-order valence-electron chi connectivity index (χ4n) is 8.02. The van der Waals surface area contributed by atoms with Gasteiger partial charge in [0.05, 0.1) is 18.3 Å². The average Bonchev–Trinajstić information content (AvgIpc) is 2.70. The molecular weight excluding hydrogens is 288 g/mol. The van der Waals surface area contributed by atoms with E-state index in [9.17, 15) is 15.3 Å². The lowest BCUT2D eigenvalue weighted by Gasteiger charge is -2.64. The molecule has 3 heteroatoms. The number of hydrogen-bond donors (Lipinski definition) is 3. The minimum absolute atomic E-state index is 0.00263. The predicted molar refractivity (Wildman–Crippen MR) is 89.8 cm³/mol. The summed E-state index contributed by atoms with van der Waals surface area (Å²) in [5.74, 6) is 1.53. The van der Waals surface area contributed by atoms with Gasteiger partial charge in [-0.3, -0.25) is 0 Å². The molecule has 4 saturated carbocycles. The molecule has 0 aromatic heterocycles. The number of fused-ring (bicyclic) bond motifs is 3. The van der Waals surface area contributed by atoms with Crippen LogP contribution in [-0.2, 0) is 0 Å². The lowest BCUT2D eigenvalue weighted by molar-refractivity contribution is -0.180. The average molecular weight is 322 g/mol. The molecule has 4 rings (SSSR count). The summed E-state index contributed by atoms with van der Waals surface area (Å²) in [4.78, 5) is 0. The molecule has 7 atom stereocenters. The summed E-state index contributed by atoms with van der Waals surface area (Å²) in [7, 11) is 0. The van der Waals surface area contributed by atoms with Crippen LogP contribution in [0.25, 0.3) is 0 Å². The van der Waals surface area contributed by atoms with Gasteiger partial charge in [-0.2, -0.15) is 0 Å². The molecule has 0 aromatic rings. The summed E-state index contributed by atoms with van der Waals surface area (Å²) >= 11 is 0. The summed E-state index contributed by atoms with van der Waals surface area (Å²) in [6.45, 7) is 6.94. The van der Waals surface area contributed by atoms with E-state index in [-0.39, 0.29) is 29.0 Å². The number of rotatable bonds is 1. The summed E-state index contributed by atoms with van der Waals surface area (Å²) in [5.41, 5.74) is -0.310. The Hall–Kier alpha value is -0.120. The van der Waals surface area contributed by atoms with Crippen LogP contribution in [0.5, 0.6) is 0 Å². The van der Waals surface area contributed by atoms with Gasteiger partial charge in [-0.1, -0.05) is 20.8 Å². The quantitative estimate of drug-likeness (QED) is 0.695. The van der Waals surface area contributed by atoms with Crippen molar-refractivity contribution < 1.29 is 15.3 Å². The maximum absolute atomic E-state index is 10.9. The largest absolute Gasteiger partial charge is 0.393 e. The van der Waals surface area contributed by atoms with E-state index >= 15 is 0 Å². The molecule has 0 amide bonds. The highest BCUT2D eigenvalue weighted by atomic mass is 16.3. The molecule has 4 aliphatic carbocycles. The van der Waals surface area contributed by atoms with Gasteiger partial charge in [-0.05, 0) is 85.4 Å².